The molecule has 0 unspecified atom stereocenters. The number of hydrogen-bond acceptors (Lipinski definition) is 4. The highest BCUT2D eigenvalue weighted by Crippen LogP contribution is 2.25. The quantitative estimate of drug-likeness (QED) is 0.418. The zero-order valence-electron chi connectivity index (χ0n) is 17.9. The third-order valence-corrected chi connectivity index (χ3v) is 6.21. The first-order chi connectivity index (χ1) is 14.5. The molecule has 0 atom stereocenters. The Kier molecular flexibility index (Phi) is 7.57. The van der Waals surface area contributed by atoms with E-state index in [4.69, 9.17) is 0 Å². The van der Waals surface area contributed by atoms with Gasteiger partial charge in [-0.3, -0.25) is 9.59 Å². The fourth-order valence-corrected chi connectivity index (χ4v) is 4.39. The molecule has 0 aliphatic rings. The van der Waals surface area contributed by atoms with Gasteiger partial charge in [-0.15, -0.1) is 11.8 Å². The molecule has 3 aromatic rings. The number of thioether (sulfide) groups is 1. The van der Waals surface area contributed by atoms with Crippen LogP contribution in [0.1, 0.15) is 18.9 Å². The van der Waals surface area contributed by atoms with Crippen LogP contribution in [0.5, 0.6) is 0 Å². The van der Waals surface area contributed by atoms with E-state index in [0.29, 0.717) is 12.3 Å². The van der Waals surface area contributed by atoms with Crippen LogP contribution in [0.15, 0.2) is 64.3 Å². The average molecular weight is 424 g/mol. The molecule has 1 aromatic heterocycles. The van der Waals surface area contributed by atoms with E-state index in [-0.39, 0.29) is 11.5 Å². The SMILES string of the molecule is CCN(CCCNC(=O)CSc1cc(=O)n(C)c2ccccc12)c1cccc(C)c1. The van der Waals surface area contributed by atoms with Crippen molar-refractivity contribution in [1.82, 2.24) is 9.88 Å². The van der Waals surface area contributed by atoms with Crippen LogP contribution in [0.4, 0.5) is 5.69 Å². The highest BCUT2D eigenvalue weighted by molar-refractivity contribution is 8.00. The topological polar surface area (TPSA) is 54.3 Å². The highest BCUT2D eigenvalue weighted by atomic mass is 32.2. The molecule has 0 saturated heterocycles. The van der Waals surface area contributed by atoms with Gasteiger partial charge in [-0.25, -0.2) is 0 Å². The summed E-state index contributed by atoms with van der Waals surface area (Å²) in [6, 6.07) is 17.9. The van der Waals surface area contributed by atoms with Gasteiger partial charge in [0.2, 0.25) is 5.91 Å². The standard InChI is InChI=1S/C24H29N3O2S/c1-4-27(19-10-7-9-18(2)15-19)14-8-13-25-23(28)17-30-22-16-24(29)26(3)21-12-6-5-11-20(21)22/h5-7,9-12,15-16H,4,8,13-14,17H2,1-3H3,(H,25,28). The van der Waals surface area contributed by atoms with Crippen LogP contribution in [0.3, 0.4) is 0 Å². The molecule has 30 heavy (non-hydrogen) atoms. The number of nitrogens with zero attached hydrogens (tertiary/aromatic N) is 2. The van der Waals surface area contributed by atoms with Gasteiger partial charge in [-0.2, -0.15) is 0 Å². The molecule has 5 nitrogen and oxygen atoms in total. The molecule has 0 saturated carbocycles. The first-order valence-electron chi connectivity index (χ1n) is 10.3. The van der Waals surface area contributed by atoms with Gasteiger partial charge >= 0.3 is 0 Å². The number of carbonyl (C=O) groups excluding carboxylic acids is 1. The van der Waals surface area contributed by atoms with Crippen LogP contribution in [0.25, 0.3) is 10.9 Å². The number of para-hydroxylation sites is 1. The van der Waals surface area contributed by atoms with E-state index >= 15 is 0 Å². The number of carbonyl (C=O) groups is 1. The van der Waals surface area contributed by atoms with E-state index in [1.807, 2.05) is 24.3 Å². The van der Waals surface area contributed by atoms with Crippen LogP contribution in [0.2, 0.25) is 0 Å². The molecule has 0 spiro atoms. The predicted octanol–water partition coefficient (Wildman–Crippen LogP) is 3.97. The summed E-state index contributed by atoms with van der Waals surface area (Å²) in [4.78, 5) is 27.7. The molecule has 6 heteroatoms. The summed E-state index contributed by atoms with van der Waals surface area (Å²) >= 11 is 1.41. The van der Waals surface area contributed by atoms with Crippen LogP contribution >= 0.6 is 11.8 Å². The highest BCUT2D eigenvalue weighted by Gasteiger charge is 2.10. The van der Waals surface area contributed by atoms with Crippen LogP contribution in [-0.4, -0.2) is 35.9 Å². The molecule has 1 N–H and O–H groups in total. The van der Waals surface area contributed by atoms with Gasteiger partial charge in [-0.05, 0) is 44.0 Å². The zero-order valence-corrected chi connectivity index (χ0v) is 18.7. The Balaban J connectivity index is 1.49. The monoisotopic (exact) mass is 423 g/mol. The molecule has 2 aromatic carbocycles. The Morgan fingerprint density at radius 3 is 2.70 bits per heavy atom. The molecule has 0 aliphatic carbocycles. The van der Waals surface area contributed by atoms with Crippen LogP contribution in [-0.2, 0) is 11.8 Å². The maximum atomic E-state index is 12.3. The van der Waals surface area contributed by atoms with Crippen molar-refractivity contribution in [2.75, 3.05) is 30.3 Å². The van der Waals surface area contributed by atoms with Gasteiger partial charge in [0.25, 0.3) is 5.56 Å². The van der Waals surface area contributed by atoms with Crippen molar-refractivity contribution < 1.29 is 4.79 Å². The smallest absolute Gasteiger partial charge is 0.251 e. The molecule has 0 radical (unpaired) electrons. The minimum Gasteiger partial charge on any atom is -0.372 e. The Morgan fingerprint density at radius 2 is 1.93 bits per heavy atom. The third-order valence-electron chi connectivity index (χ3n) is 5.15. The van der Waals surface area contributed by atoms with Gasteiger partial charge < -0.3 is 14.8 Å². The van der Waals surface area contributed by atoms with Gasteiger partial charge in [-0.1, -0.05) is 30.3 Å². The number of benzene rings is 2. The van der Waals surface area contributed by atoms with Crippen molar-refractivity contribution in [3.05, 3.63) is 70.5 Å². The van der Waals surface area contributed by atoms with E-state index in [1.54, 1.807) is 17.7 Å². The van der Waals surface area contributed by atoms with Gasteiger partial charge in [0.1, 0.15) is 0 Å². The largest absolute Gasteiger partial charge is 0.372 e. The van der Waals surface area contributed by atoms with E-state index in [0.717, 1.165) is 35.3 Å². The summed E-state index contributed by atoms with van der Waals surface area (Å²) < 4.78 is 1.63. The average Bonchev–Trinajstić information content (AvgIpc) is 2.75. The van der Waals surface area contributed by atoms with Crippen LogP contribution < -0.4 is 15.8 Å². The second kappa shape index (κ2) is 10.3. The number of pyridine rings is 1. The van der Waals surface area contributed by atoms with Crippen LogP contribution in [0, 0.1) is 6.92 Å². The molecule has 0 aliphatic heterocycles. The fourth-order valence-electron chi connectivity index (χ4n) is 3.49. The van der Waals surface area contributed by atoms with Crippen molar-refractivity contribution in [2.45, 2.75) is 25.2 Å². The zero-order chi connectivity index (χ0) is 21.5. The van der Waals surface area contributed by atoms with E-state index < -0.39 is 0 Å². The molecule has 1 heterocycles. The maximum absolute atomic E-state index is 12.3. The molecular formula is C24H29N3O2S. The molecule has 0 fully saturated rings. The second-order valence-corrected chi connectivity index (χ2v) is 8.35. The molecule has 3 rings (SSSR count). The summed E-state index contributed by atoms with van der Waals surface area (Å²) in [6.07, 6.45) is 0.882. The van der Waals surface area contributed by atoms with Crippen molar-refractivity contribution >= 4 is 34.3 Å². The molecule has 1 amide bonds. The van der Waals surface area contributed by atoms with E-state index in [9.17, 15) is 9.59 Å². The molecule has 158 valence electrons. The van der Waals surface area contributed by atoms with Crippen molar-refractivity contribution in [1.29, 1.82) is 0 Å². The van der Waals surface area contributed by atoms with E-state index in [2.05, 4.69) is 48.3 Å². The number of fused-ring (bicyclic) bond motifs is 1. The number of anilines is 1. The normalized spacial score (nSPS) is 10.9. The third kappa shape index (κ3) is 5.45. The lowest BCUT2D eigenvalue weighted by Crippen LogP contribution is -2.30. The number of nitrogens with one attached hydrogen (secondary N) is 1. The summed E-state index contributed by atoms with van der Waals surface area (Å²) in [7, 11) is 1.77. The molecular weight excluding hydrogens is 394 g/mol. The Morgan fingerprint density at radius 1 is 1.13 bits per heavy atom. The fraction of sp³-hybridized carbons (Fsp3) is 0.333. The predicted molar refractivity (Wildman–Crippen MR) is 127 cm³/mol. The lowest BCUT2D eigenvalue weighted by atomic mass is 10.2. The minimum atomic E-state index is -0.0626. The number of aromatic nitrogens is 1. The summed E-state index contributed by atoms with van der Waals surface area (Å²) in [6.45, 7) is 6.71. The Labute approximate surface area is 182 Å². The number of amides is 1. The van der Waals surface area contributed by atoms with Gasteiger partial charge in [0, 0.05) is 48.7 Å². The van der Waals surface area contributed by atoms with E-state index in [1.165, 1.54) is 23.0 Å². The maximum Gasteiger partial charge on any atom is 0.251 e. The Bertz CT molecular complexity index is 1080. The van der Waals surface area contributed by atoms with Gasteiger partial charge in [0.15, 0.2) is 0 Å². The van der Waals surface area contributed by atoms with Crippen molar-refractivity contribution in [2.24, 2.45) is 7.05 Å². The summed E-state index contributed by atoms with van der Waals surface area (Å²) in [5, 5.41) is 3.99. The lowest BCUT2D eigenvalue weighted by Gasteiger charge is -2.23. The molecule has 0 bridgehead atoms. The summed E-state index contributed by atoms with van der Waals surface area (Å²) in [5.41, 5.74) is 3.28. The minimum absolute atomic E-state index is 0.0108. The second-order valence-electron chi connectivity index (χ2n) is 7.33. The Hall–Kier alpha value is -2.73. The van der Waals surface area contributed by atoms with Crippen molar-refractivity contribution in [3.8, 4) is 0 Å². The number of aryl methyl sites for hydroxylation is 2. The van der Waals surface area contributed by atoms with Crippen molar-refractivity contribution in [3.63, 3.8) is 0 Å². The number of hydrogen-bond donors (Lipinski definition) is 1. The number of rotatable bonds is 9. The first-order valence-corrected chi connectivity index (χ1v) is 11.3. The van der Waals surface area contributed by atoms with Gasteiger partial charge in [0.05, 0.1) is 11.3 Å². The first kappa shape index (κ1) is 22.0. The summed E-state index contributed by atoms with van der Waals surface area (Å²) in [5.74, 6) is 0.287. The lowest BCUT2D eigenvalue weighted by molar-refractivity contribution is -0.118.